The van der Waals surface area contributed by atoms with Crippen LogP contribution in [0.3, 0.4) is 0 Å². The second-order valence-electron chi connectivity index (χ2n) is 7.26. The summed E-state index contributed by atoms with van der Waals surface area (Å²) in [6.45, 7) is 7.39. The number of nitrogens with zero attached hydrogens (tertiary/aromatic N) is 4. The summed E-state index contributed by atoms with van der Waals surface area (Å²) in [5, 5.41) is 4.10. The molecule has 0 saturated carbocycles. The molecule has 0 N–H and O–H groups in total. The Morgan fingerprint density at radius 1 is 1.28 bits per heavy atom. The topological polar surface area (TPSA) is 41.4 Å². The van der Waals surface area contributed by atoms with Crippen molar-refractivity contribution >= 4 is 5.91 Å². The molecule has 1 aromatic carbocycles. The third-order valence-electron chi connectivity index (χ3n) is 5.28. The lowest BCUT2D eigenvalue weighted by Gasteiger charge is -2.36. The highest BCUT2D eigenvalue weighted by Crippen LogP contribution is 2.20. The van der Waals surface area contributed by atoms with Crippen LogP contribution in [-0.4, -0.2) is 51.7 Å². The fourth-order valence-corrected chi connectivity index (χ4v) is 3.58. The van der Waals surface area contributed by atoms with Crippen molar-refractivity contribution in [2.24, 2.45) is 7.05 Å². The molecule has 1 aliphatic heterocycles. The average molecular weight is 340 g/mol. The van der Waals surface area contributed by atoms with Crippen LogP contribution in [0.15, 0.2) is 30.6 Å². The van der Waals surface area contributed by atoms with Crippen LogP contribution in [0.2, 0.25) is 0 Å². The zero-order chi connectivity index (χ0) is 18.0. The molecule has 25 heavy (non-hydrogen) atoms. The Kier molecular flexibility index (Phi) is 5.23. The molecular formula is C20H28N4O. The highest BCUT2D eigenvalue weighted by molar-refractivity contribution is 5.93. The molecule has 0 radical (unpaired) electrons. The molecule has 2 heterocycles. The van der Waals surface area contributed by atoms with Crippen LogP contribution in [0.4, 0.5) is 0 Å². The molecule has 3 rings (SSSR count). The summed E-state index contributed by atoms with van der Waals surface area (Å²) >= 11 is 0. The quantitative estimate of drug-likeness (QED) is 0.859. The predicted molar refractivity (Wildman–Crippen MR) is 99.5 cm³/mol. The fraction of sp³-hybridized carbons (Fsp3) is 0.500. The number of amides is 1. The highest BCUT2D eigenvalue weighted by atomic mass is 16.2. The van der Waals surface area contributed by atoms with Gasteiger partial charge in [-0.25, -0.2) is 0 Å². The molecule has 0 aliphatic carbocycles. The molecule has 5 heteroatoms. The monoisotopic (exact) mass is 340 g/mol. The maximum atomic E-state index is 12.6. The minimum Gasteiger partial charge on any atom is -0.339 e. The molecule has 1 aromatic heterocycles. The van der Waals surface area contributed by atoms with Gasteiger partial charge in [-0.1, -0.05) is 23.8 Å². The van der Waals surface area contributed by atoms with E-state index in [1.54, 1.807) is 17.1 Å². The lowest BCUT2D eigenvalue weighted by Crippen LogP contribution is -2.45. The number of aromatic nitrogens is 2. The van der Waals surface area contributed by atoms with Crippen molar-refractivity contribution in [3.63, 3.8) is 0 Å². The van der Waals surface area contributed by atoms with E-state index in [0.29, 0.717) is 11.6 Å². The van der Waals surface area contributed by atoms with Gasteiger partial charge in [0.15, 0.2) is 0 Å². The highest BCUT2D eigenvalue weighted by Gasteiger charge is 2.26. The van der Waals surface area contributed by atoms with E-state index < -0.39 is 0 Å². The molecule has 0 spiro atoms. The van der Waals surface area contributed by atoms with E-state index in [-0.39, 0.29) is 5.91 Å². The summed E-state index contributed by atoms with van der Waals surface area (Å²) in [5.41, 5.74) is 4.76. The van der Waals surface area contributed by atoms with Crippen LogP contribution < -0.4 is 0 Å². The Bertz CT molecular complexity index is 744. The molecular weight excluding hydrogens is 312 g/mol. The normalized spacial score (nSPS) is 16.2. The van der Waals surface area contributed by atoms with Gasteiger partial charge in [-0.2, -0.15) is 5.10 Å². The first-order valence-electron chi connectivity index (χ1n) is 8.98. The predicted octanol–water partition coefficient (Wildman–Crippen LogP) is 2.77. The Balaban J connectivity index is 1.56. The van der Waals surface area contributed by atoms with Crippen LogP contribution >= 0.6 is 0 Å². The number of likely N-dealkylation sites (tertiary alicyclic amines) is 1. The Morgan fingerprint density at radius 2 is 2.00 bits per heavy atom. The van der Waals surface area contributed by atoms with E-state index in [0.717, 1.165) is 32.5 Å². The SMILES string of the molecule is Cc1ccc(C)c(CN2CCC(N(C)C(=O)c3cnn(C)c3)CC2)c1. The van der Waals surface area contributed by atoms with Gasteiger partial charge in [0.1, 0.15) is 0 Å². The van der Waals surface area contributed by atoms with Gasteiger partial charge in [0.2, 0.25) is 0 Å². The molecule has 134 valence electrons. The second-order valence-corrected chi connectivity index (χ2v) is 7.26. The number of carbonyl (C=O) groups is 1. The fourth-order valence-electron chi connectivity index (χ4n) is 3.58. The largest absolute Gasteiger partial charge is 0.339 e. The van der Waals surface area contributed by atoms with Crippen molar-refractivity contribution in [1.82, 2.24) is 19.6 Å². The number of hydrogen-bond donors (Lipinski definition) is 0. The molecule has 5 nitrogen and oxygen atoms in total. The van der Waals surface area contributed by atoms with Gasteiger partial charge >= 0.3 is 0 Å². The van der Waals surface area contributed by atoms with Crippen LogP contribution in [-0.2, 0) is 13.6 Å². The van der Waals surface area contributed by atoms with Crippen LogP contribution in [0.25, 0.3) is 0 Å². The van der Waals surface area contributed by atoms with E-state index in [9.17, 15) is 4.79 Å². The third kappa shape index (κ3) is 4.10. The summed E-state index contributed by atoms with van der Waals surface area (Å²) in [6.07, 6.45) is 5.48. The summed E-state index contributed by atoms with van der Waals surface area (Å²) < 4.78 is 1.67. The summed E-state index contributed by atoms with van der Waals surface area (Å²) in [7, 11) is 3.75. The zero-order valence-corrected chi connectivity index (χ0v) is 15.7. The number of aryl methyl sites for hydroxylation is 3. The number of carbonyl (C=O) groups excluding carboxylic acids is 1. The van der Waals surface area contributed by atoms with Gasteiger partial charge in [0, 0.05) is 46.0 Å². The minimum atomic E-state index is 0.0704. The van der Waals surface area contributed by atoms with Crippen LogP contribution in [0.1, 0.15) is 39.9 Å². The van der Waals surface area contributed by atoms with Crippen molar-refractivity contribution in [3.8, 4) is 0 Å². The van der Waals surface area contributed by atoms with Gasteiger partial charge in [0.25, 0.3) is 5.91 Å². The molecule has 0 atom stereocenters. The maximum absolute atomic E-state index is 12.6. The molecule has 1 fully saturated rings. The summed E-state index contributed by atoms with van der Waals surface area (Å²) in [5.74, 6) is 0.0704. The first kappa shape index (κ1) is 17.7. The van der Waals surface area contributed by atoms with Crippen molar-refractivity contribution in [3.05, 3.63) is 52.8 Å². The van der Waals surface area contributed by atoms with Crippen molar-refractivity contribution in [1.29, 1.82) is 0 Å². The zero-order valence-electron chi connectivity index (χ0n) is 15.7. The van der Waals surface area contributed by atoms with Crippen LogP contribution in [0.5, 0.6) is 0 Å². The van der Waals surface area contributed by atoms with Gasteiger partial charge in [-0.15, -0.1) is 0 Å². The van der Waals surface area contributed by atoms with Gasteiger partial charge < -0.3 is 4.90 Å². The molecule has 1 saturated heterocycles. The number of rotatable bonds is 4. The molecule has 0 bridgehead atoms. The van der Waals surface area contributed by atoms with E-state index in [1.165, 1.54) is 16.7 Å². The van der Waals surface area contributed by atoms with E-state index in [1.807, 2.05) is 19.0 Å². The van der Waals surface area contributed by atoms with Gasteiger partial charge in [0.05, 0.1) is 11.8 Å². The summed E-state index contributed by atoms with van der Waals surface area (Å²) in [6, 6.07) is 6.98. The van der Waals surface area contributed by atoms with Crippen molar-refractivity contribution in [2.75, 3.05) is 20.1 Å². The lowest BCUT2D eigenvalue weighted by molar-refractivity contribution is 0.0636. The Morgan fingerprint density at radius 3 is 2.64 bits per heavy atom. The third-order valence-corrected chi connectivity index (χ3v) is 5.28. The molecule has 1 aliphatic rings. The first-order valence-corrected chi connectivity index (χ1v) is 8.98. The van der Waals surface area contributed by atoms with E-state index >= 15 is 0 Å². The second kappa shape index (κ2) is 7.40. The smallest absolute Gasteiger partial charge is 0.257 e. The Hall–Kier alpha value is -2.14. The number of hydrogen-bond acceptors (Lipinski definition) is 3. The summed E-state index contributed by atoms with van der Waals surface area (Å²) in [4.78, 5) is 17.0. The molecule has 0 unspecified atom stereocenters. The van der Waals surface area contributed by atoms with E-state index in [4.69, 9.17) is 0 Å². The van der Waals surface area contributed by atoms with Crippen molar-refractivity contribution in [2.45, 2.75) is 39.3 Å². The number of piperidine rings is 1. The van der Waals surface area contributed by atoms with Crippen LogP contribution in [0, 0.1) is 13.8 Å². The first-order chi connectivity index (χ1) is 11.9. The minimum absolute atomic E-state index is 0.0704. The average Bonchev–Trinajstić information content (AvgIpc) is 3.04. The van der Waals surface area contributed by atoms with E-state index in [2.05, 4.69) is 42.0 Å². The van der Waals surface area contributed by atoms with Gasteiger partial charge in [-0.05, 0) is 37.8 Å². The molecule has 1 amide bonds. The van der Waals surface area contributed by atoms with Crippen molar-refractivity contribution < 1.29 is 4.79 Å². The standard InChI is InChI=1S/C20H28N4O/c1-15-5-6-16(2)17(11-15)14-24-9-7-19(8-10-24)23(4)20(25)18-12-21-22(3)13-18/h5-6,11-13,19H,7-10,14H2,1-4H3. The maximum Gasteiger partial charge on any atom is 0.257 e. The lowest BCUT2D eigenvalue weighted by atomic mass is 10.0. The Labute approximate surface area is 150 Å². The number of benzene rings is 1. The molecule has 2 aromatic rings. The van der Waals surface area contributed by atoms with Gasteiger partial charge in [-0.3, -0.25) is 14.4 Å².